The molecule has 4 aromatic rings. The van der Waals surface area contributed by atoms with Gasteiger partial charge in [0.15, 0.2) is 5.11 Å². The first-order valence-corrected chi connectivity index (χ1v) is 12.0. The average molecular weight is 503 g/mol. The number of anilines is 1. The van der Waals surface area contributed by atoms with Gasteiger partial charge in [-0.2, -0.15) is 0 Å². The molecule has 1 fully saturated rings. The lowest BCUT2D eigenvalue weighted by Gasteiger charge is -2.29. The summed E-state index contributed by atoms with van der Waals surface area (Å²) < 4.78 is 28.0. The van der Waals surface area contributed by atoms with Crippen molar-refractivity contribution in [2.45, 2.75) is 25.9 Å². The van der Waals surface area contributed by atoms with Crippen molar-refractivity contribution in [3.8, 4) is 17.2 Å². The van der Waals surface area contributed by atoms with Crippen molar-refractivity contribution in [2.75, 3.05) is 19.1 Å². The van der Waals surface area contributed by atoms with Gasteiger partial charge >= 0.3 is 0 Å². The summed E-state index contributed by atoms with van der Waals surface area (Å²) in [6, 6.07) is 19.8. The summed E-state index contributed by atoms with van der Waals surface area (Å²) >= 11 is 5.88. The molecule has 0 saturated carbocycles. The topological polar surface area (TPSA) is 51.6 Å². The van der Waals surface area contributed by atoms with E-state index in [1.165, 1.54) is 6.07 Å². The van der Waals surface area contributed by atoms with Gasteiger partial charge in [0.05, 0.1) is 43.4 Å². The SMILES string of the molecule is COc1ccc(OC)c(N2C(=S)N[C@H](c3ccccn3)[C@@H]2c2cc(C)n(-c3ccccc3F)c2C)c1. The molecular weight excluding hydrogens is 475 g/mol. The van der Waals surface area contributed by atoms with E-state index in [9.17, 15) is 4.39 Å². The van der Waals surface area contributed by atoms with Gasteiger partial charge in [0.25, 0.3) is 0 Å². The summed E-state index contributed by atoms with van der Waals surface area (Å²) in [5.74, 6) is 1.07. The number of thiocarbonyl (C=S) groups is 1. The van der Waals surface area contributed by atoms with Gasteiger partial charge in [-0.3, -0.25) is 4.98 Å². The van der Waals surface area contributed by atoms with Gasteiger partial charge in [-0.1, -0.05) is 18.2 Å². The summed E-state index contributed by atoms with van der Waals surface area (Å²) in [7, 11) is 3.26. The van der Waals surface area contributed by atoms with Gasteiger partial charge in [0.2, 0.25) is 0 Å². The lowest BCUT2D eigenvalue weighted by Crippen LogP contribution is -2.30. The Morgan fingerprint density at radius 3 is 2.42 bits per heavy atom. The predicted molar refractivity (Wildman–Crippen MR) is 143 cm³/mol. The second kappa shape index (κ2) is 9.62. The molecule has 6 nitrogen and oxygen atoms in total. The predicted octanol–water partition coefficient (Wildman–Crippen LogP) is 5.82. The van der Waals surface area contributed by atoms with E-state index < -0.39 is 0 Å². The molecule has 0 amide bonds. The van der Waals surface area contributed by atoms with Gasteiger partial charge in [-0.25, -0.2) is 4.39 Å². The first kappa shape index (κ1) is 23.8. The minimum Gasteiger partial charge on any atom is -0.497 e. The fourth-order valence-electron chi connectivity index (χ4n) is 5.01. The van der Waals surface area contributed by atoms with E-state index in [0.717, 1.165) is 28.3 Å². The molecule has 0 aliphatic carbocycles. The number of pyridine rings is 1. The van der Waals surface area contributed by atoms with E-state index in [4.69, 9.17) is 21.7 Å². The molecule has 1 N–H and O–H groups in total. The minimum atomic E-state index is -0.279. The van der Waals surface area contributed by atoms with Crippen molar-refractivity contribution in [1.82, 2.24) is 14.9 Å². The van der Waals surface area contributed by atoms with Gasteiger partial charge in [-0.15, -0.1) is 0 Å². The molecule has 2 aromatic heterocycles. The molecule has 0 bridgehead atoms. The maximum atomic E-state index is 14.8. The van der Waals surface area contributed by atoms with Crippen LogP contribution in [0, 0.1) is 19.7 Å². The van der Waals surface area contributed by atoms with Gasteiger partial charge in [0.1, 0.15) is 17.3 Å². The zero-order valence-electron chi connectivity index (χ0n) is 20.5. The Bertz CT molecular complexity index is 1420. The van der Waals surface area contributed by atoms with Crippen LogP contribution in [0.4, 0.5) is 10.1 Å². The van der Waals surface area contributed by atoms with Crippen LogP contribution in [0.5, 0.6) is 11.5 Å². The number of nitrogens with zero attached hydrogens (tertiary/aromatic N) is 3. The summed E-state index contributed by atoms with van der Waals surface area (Å²) in [4.78, 5) is 6.68. The van der Waals surface area contributed by atoms with E-state index in [1.54, 1.807) is 32.5 Å². The molecule has 1 saturated heterocycles. The van der Waals surface area contributed by atoms with Crippen LogP contribution < -0.4 is 19.7 Å². The maximum absolute atomic E-state index is 14.8. The molecule has 0 spiro atoms. The van der Waals surface area contributed by atoms with Gasteiger partial charge in [0, 0.05) is 23.7 Å². The van der Waals surface area contributed by atoms with Gasteiger partial charge in [-0.05, 0) is 74.1 Å². The first-order valence-electron chi connectivity index (χ1n) is 11.6. The summed E-state index contributed by atoms with van der Waals surface area (Å²) in [6.45, 7) is 3.99. The Balaban J connectivity index is 1.73. The van der Waals surface area contributed by atoms with E-state index in [0.29, 0.717) is 22.3 Å². The van der Waals surface area contributed by atoms with Crippen LogP contribution in [0.3, 0.4) is 0 Å². The summed E-state index contributed by atoms with van der Waals surface area (Å²) in [5.41, 5.74) is 4.97. The molecule has 3 heterocycles. The zero-order chi connectivity index (χ0) is 25.4. The quantitative estimate of drug-likeness (QED) is 0.335. The van der Waals surface area contributed by atoms with Crippen molar-refractivity contribution < 1.29 is 13.9 Å². The second-order valence-electron chi connectivity index (χ2n) is 8.65. The van der Waals surface area contributed by atoms with Crippen molar-refractivity contribution in [2.24, 2.45) is 0 Å². The van der Waals surface area contributed by atoms with Crippen molar-refractivity contribution >= 4 is 23.0 Å². The molecular formula is C28H27FN4O2S. The number of rotatable bonds is 6. The monoisotopic (exact) mass is 502 g/mol. The Kier molecular flexibility index (Phi) is 6.36. The van der Waals surface area contributed by atoms with E-state index in [2.05, 4.69) is 16.4 Å². The van der Waals surface area contributed by atoms with Crippen LogP contribution in [-0.4, -0.2) is 28.9 Å². The summed E-state index contributed by atoms with van der Waals surface area (Å²) in [5, 5.41) is 4.02. The van der Waals surface area contributed by atoms with Gasteiger partial charge < -0.3 is 24.3 Å². The largest absolute Gasteiger partial charge is 0.497 e. The molecule has 8 heteroatoms. The normalized spacial score (nSPS) is 17.2. The molecule has 2 atom stereocenters. The molecule has 36 heavy (non-hydrogen) atoms. The molecule has 2 aromatic carbocycles. The molecule has 184 valence electrons. The molecule has 1 aliphatic heterocycles. The molecule has 5 rings (SSSR count). The highest BCUT2D eigenvalue weighted by Gasteiger charge is 2.43. The number of benzene rings is 2. The average Bonchev–Trinajstić information content (AvgIpc) is 3.39. The number of halogens is 1. The number of ether oxygens (including phenoxy) is 2. The smallest absolute Gasteiger partial charge is 0.174 e. The number of methoxy groups -OCH3 is 2. The van der Waals surface area contributed by atoms with E-state index in [-0.39, 0.29) is 17.9 Å². The zero-order valence-corrected chi connectivity index (χ0v) is 21.3. The van der Waals surface area contributed by atoms with Crippen LogP contribution >= 0.6 is 12.2 Å². The highest BCUT2D eigenvalue weighted by Crippen LogP contribution is 2.47. The lowest BCUT2D eigenvalue weighted by atomic mass is 9.96. The highest BCUT2D eigenvalue weighted by molar-refractivity contribution is 7.80. The number of hydrogen-bond donors (Lipinski definition) is 1. The van der Waals surface area contributed by atoms with E-state index >= 15 is 0 Å². The Morgan fingerprint density at radius 2 is 1.72 bits per heavy atom. The third-order valence-electron chi connectivity index (χ3n) is 6.63. The number of para-hydroxylation sites is 1. The van der Waals surface area contributed by atoms with Crippen molar-refractivity contribution in [3.05, 3.63) is 101 Å². The van der Waals surface area contributed by atoms with Crippen LogP contribution in [0.25, 0.3) is 5.69 Å². The lowest BCUT2D eigenvalue weighted by molar-refractivity contribution is 0.403. The Morgan fingerprint density at radius 1 is 0.944 bits per heavy atom. The number of hydrogen-bond acceptors (Lipinski definition) is 4. The molecule has 0 unspecified atom stereocenters. The van der Waals surface area contributed by atoms with Crippen LogP contribution in [0.15, 0.2) is 72.9 Å². The number of aryl methyl sites for hydroxylation is 1. The van der Waals surface area contributed by atoms with Crippen molar-refractivity contribution in [1.29, 1.82) is 0 Å². The summed E-state index contributed by atoms with van der Waals surface area (Å²) in [6.07, 6.45) is 1.77. The first-order chi connectivity index (χ1) is 17.4. The second-order valence-corrected chi connectivity index (χ2v) is 9.03. The number of aromatic nitrogens is 2. The standard InChI is InChI=1S/C28H27FN4O2S/c1-17-15-20(18(2)32(17)23-11-6-5-9-21(23)29)27-26(22-10-7-8-14-30-22)31-28(36)33(27)24-16-19(34-3)12-13-25(24)35-4/h5-16,26-27H,1-4H3,(H,31,36)/t26-,27+/m1/s1. The number of nitrogens with one attached hydrogen (secondary N) is 1. The van der Waals surface area contributed by atoms with Crippen LogP contribution in [-0.2, 0) is 0 Å². The fraction of sp³-hybridized carbons (Fsp3) is 0.214. The minimum absolute atomic E-state index is 0.246. The van der Waals surface area contributed by atoms with Crippen molar-refractivity contribution in [3.63, 3.8) is 0 Å². The third-order valence-corrected chi connectivity index (χ3v) is 6.94. The van der Waals surface area contributed by atoms with Crippen LogP contribution in [0.2, 0.25) is 0 Å². The van der Waals surface area contributed by atoms with E-state index in [1.807, 2.05) is 65.8 Å². The Hall–Kier alpha value is -3.91. The third kappa shape index (κ3) is 3.97. The van der Waals surface area contributed by atoms with Crippen LogP contribution in [0.1, 0.15) is 34.7 Å². The molecule has 1 aliphatic rings. The Labute approximate surface area is 215 Å². The highest BCUT2D eigenvalue weighted by atomic mass is 32.1. The fourth-order valence-corrected chi connectivity index (χ4v) is 5.35. The molecule has 0 radical (unpaired) electrons. The maximum Gasteiger partial charge on any atom is 0.174 e.